The molecule has 0 saturated carbocycles. The summed E-state index contributed by atoms with van der Waals surface area (Å²) < 4.78 is 36.2. The predicted molar refractivity (Wildman–Crippen MR) is 78.9 cm³/mol. The van der Waals surface area contributed by atoms with Crippen molar-refractivity contribution in [2.75, 3.05) is 7.11 Å². The molecule has 0 aromatic heterocycles. The average Bonchev–Trinajstić information content (AvgIpc) is 2.48. The van der Waals surface area contributed by atoms with Gasteiger partial charge in [0.25, 0.3) is 0 Å². The first kappa shape index (κ1) is 24.9. The lowest BCUT2D eigenvalue weighted by Crippen LogP contribution is -2.52. The van der Waals surface area contributed by atoms with E-state index in [0.29, 0.717) is 0 Å². The summed E-state index contributed by atoms with van der Waals surface area (Å²) >= 11 is 0. The molecular formula is C13H22F3N3O6. The number of nitrogens with two attached hydrogens (primary N) is 2. The van der Waals surface area contributed by atoms with Gasteiger partial charge in [0.15, 0.2) is 0 Å². The maximum Gasteiger partial charge on any atom is 0.490 e. The fourth-order valence-corrected chi connectivity index (χ4v) is 1.22. The molecule has 0 unspecified atom stereocenters. The second-order valence-corrected chi connectivity index (χ2v) is 5.15. The van der Waals surface area contributed by atoms with Gasteiger partial charge in [0.2, 0.25) is 11.8 Å². The van der Waals surface area contributed by atoms with Crippen molar-refractivity contribution in [2.45, 2.75) is 44.9 Å². The van der Waals surface area contributed by atoms with Gasteiger partial charge < -0.3 is 26.6 Å². The number of hydrogen-bond acceptors (Lipinski definition) is 6. The zero-order chi connectivity index (χ0) is 20.4. The van der Waals surface area contributed by atoms with Gasteiger partial charge in [0.05, 0.1) is 13.2 Å². The van der Waals surface area contributed by atoms with Crippen molar-refractivity contribution in [3.63, 3.8) is 0 Å². The molecule has 0 spiro atoms. The summed E-state index contributed by atoms with van der Waals surface area (Å²) in [6.45, 7) is 3.58. The van der Waals surface area contributed by atoms with Crippen LogP contribution in [0.4, 0.5) is 13.2 Å². The monoisotopic (exact) mass is 373 g/mol. The third-order valence-electron chi connectivity index (χ3n) is 2.79. The van der Waals surface area contributed by atoms with E-state index in [4.69, 9.17) is 21.4 Å². The molecule has 0 aromatic carbocycles. The smallest absolute Gasteiger partial charge is 0.475 e. The third kappa shape index (κ3) is 11.8. The van der Waals surface area contributed by atoms with E-state index in [1.807, 2.05) is 0 Å². The van der Waals surface area contributed by atoms with Crippen molar-refractivity contribution in [1.29, 1.82) is 0 Å². The molecule has 0 heterocycles. The van der Waals surface area contributed by atoms with Crippen LogP contribution in [0.2, 0.25) is 0 Å². The van der Waals surface area contributed by atoms with E-state index in [0.717, 1.165) is 0 Å². The Labute approximate surface area is 141 Å². The van der Waals surface area contributed by atoms with Crippen molar-refractivity contribution in [3.05, 3.63) is 0 Å². The number of hydrogen-bond donors (Lipinski definition) is 4. The average molecular weight is 373 g/mol. The predicted octanol–water partition coefficient (Wildman–Crippen LogP) is -0.474. The number of halogens is 3. The molecule has 0 rings (SSSR count). The summed E-state index contributed by atoms with van der Waals surface area (Å²) in [7, 11) is 1.24. The molecule has 0 radical (unpaired) electrons. The highest BCUT2D eigenvalue weighted by Gasteiger charge is 2.38. The first-order valence-corrected chi connectivity index (χ1v) is 6.96. The number of amides is 2. The van der Waals surface area contributed by atoms with Crippen LogP contribution in [-0.2, 0) is 23.9 Å². The highest BCUT2D eigenvalue weighted by Crippen LogP contribution is 2.13. The van der Waals surface area contributed by atoms with Gasteiger partial charge >= 0.3 is 18.1 Å². The number of carbonyl (C=O) groups excluding carboxylic acids is 3. The van der Waals surface area contributed by atoms with E-state index in [-0.39, 0.29) is 18.8 Å². The first-order chi connectivity index (χ1) is 11.2. The number of alkyl halides is 3. The van der Waals surface area contributed by atoms with Gasteiger partial charge in [0, 0.05) is 6.42 Å². The van der Waals surface area contributed by atoms with E-state index in [9.17, 15) is 27.6 Å². The van der Waals surface area contributed by atoms with Crippen LogP contribution in [0.25, 0.3) is 0 Å². The third-order valence-corrected chi connectivity index (χ3v) is 2.79. The lowest BCUT2D eigenvalue weighted by molar-refractivity contribution is -0.192. The number of rotatable bonds is 7. The highest BCUT2D eigenvalue weighted by molar-refractivity contribution is 5.89. The minimum atomic E-state index is -5.08. The zero-order valence-corrected chi connectivity index (χ0v) is 13.9. The molecule has 0 saturated heterocycles. The van der Waals surface area contributed by atoms with Gasteiger partial charge in [-0.1, -0.05) is 13.8 Å². The van der Waals surface area contributed by atoms with Crippen molar-refractivity contribution in [2.24, 2.45) is 17.4 Å². The number of methoxy groups -OCH3 is 1. The van der Waals surface area contributed by atoms with Crippen molar-refractivity contribution >= 4 is 23.8 Å². The molecule has 0 fully saturated rings. The van der Waals surface area contributed by atoms with Crippen LogP contribution >= 0.6 is 0 Å². The molecule has 9 nitrogen and oxygen atoms in total. The number of esters is 1. The van der Waals surface area contributed by atoms with E-state index >= 15 is 0 Å². The topological polar surface area (TPSA) is 162 Å². The fourth-order valence-electron chi connectivity index (χ4n) is 1.22. The Hall–Kier alpha value is -2.37. The number of carboxylic acid groups (broad SMARTS) is 1. The SMILES string of the molecule is COC(=O)CC[C@@H](NC(=O)[C@@H](N)C(C)C)C(N)=O.O=C(O)C(F)(F)F. The van der Waals surface area contributed by atoms with Crippen LogP contribution in [-0.4, -0.2) is 54.2 Å². The highest BCUT2D eigenvalue weighted by atomic mass is 19.4. The molecule has 0 aromatic rings. The summed E-state index contributed by atoms with van der Waals surface area (Å²) in [6.07, 6.45) is -4.99. The molecule has 0 aliphatic rings. The maximum absolute atomic E-state index is 11.7. The molecule has 12 heteroatoms. The largest absolute Gasteiger partial charge is 0.490 e. The van der Waals surface area contributed by atoms with E-state index in [1.54, 1.807) is 13.8 Å². The first-order valence-electron chi connectivity index (χ1n) is 6.96. The Morgan fingerprint density at radius 2 is 1.64 bits per heavy atom. The number of carbonyl (C=O) groups is 4. The zero-order valence-electron chi connectivity index (χ0n) is 13.9. The molecule has 0 bridgehead atoms. The Kier molecular flexibility index (Phi) is 11.2. The van der Waals surface area contributed by atoms with Crippen molar-refractivity contribution in [1.82, 2.24) is 5.32 Å². The van der Waals surface area contributed by atoms with Crippen LogP contribution in [0.1, 0.15) is 26.7 Å². The fraction of sp³-hybridized carbons (Fsp3) is 0.692. The van der Waals surface area contributed by atoms with Crippen LogP contribution in [0, 0.1) is 5.92 Å². The minimum Gasteiger partial charge on any atom is -0.475 e. The van der Waals surface area contributed by atoms with E-state index in [1.165, 1.54) is 7.11 Å². The Bertz CT molecular complexity index is 482. The van der Waals surface area contributed by atoms with Gasteiger partial charge in [-0.3, -0.25) is 14.4 Å². The standard InChI is InChI=1S/C11H21N3O4.C2HF3O2/c1-6(2)9(12)11(17)14-7(10(13)16)4-5-8(15)18-3;3-2(4,5)1(6)7/h6-7,9H,4-5,12H2,1-3H3,(H2,13,16)(H,14,17);(H,6,7)/t7-,9+;/m1./s1. The molecule has 6 N–H and O–H groups in total. The molecule has 146 valence electrons. The molecular weight excluding hydrogens is 351 g/mol. The summed E-state index contributed by atoms with van der Waals surface area (Å²) in [5, 5.41) is 9.56. The van der Waals surface area contributed by atoms with Gasteiger partial charge in [-0.15, -0.1) is 0 Å². The second-order valence-electron chi connectivity index (χ2n) is 5.15. The molecule has 0 aliphatic carbocycles. The number of carboxylic acids is 1. The second kappa shape index (κ2) is 11.2. The van der Waals surface area contributed by atoms with Gasteiger partial charge in [0.1, 0.15) is 6.04 Å². The summed E-state index contributed by atoms with van der Waals surface area (Å²) in [4.78, 5) is 42.6. The number of nitrogens with one attached hydrogen (secondary N) is 1. The van der Waals surface area contributed by atoms with Crippen LogP contribution in [0.3, 0.4) is 0 Å². The molecule has 2 amide bonds. The molecule has 2 atom stereocenters. The van der Waals surface area contributed by atoms with Crippen LogP contribution in [0.15, 0.2) is 0 Å². The van der Waals surface area contributed by atoms with Gasteiger partial charge in [-0.2, -0.15) is 13.2 Å². The number of ether oxygens (including phenoxy) is 1. The lowest BCUT2D eigenvalue weighted by Gasteiger charge is -2.20. The summed E-state index contributed by atoms with van der Waals surface area (Å²) in [5.41, 5.74) is 10.8. The quantitative estimate of drug-likeness (QED) is 0.438. The summed E-state index contributed by atoms with van der Waals surface area (Å²) in [6, 6.07) is -1.63. The van der Waals surface area contributed by atoms with Gasteiger partial charge in [-0.05, 0) is 12.3 Å². The Morgan fingerprint density at radius 1 is 1.20 bits per heavy atom. The van der Waals surface area contributed by atoms with Crippen molar-refractivity contribution < 1.29 is 42.2 Å². The minimum absolute atomic E-state index is 0.00129. The normalized spacial score (nSPS) is 13.1. The van der Waals surface area contributed by atoms with Crippen LogP contribution in [0.5, 0.6) is 0 Å². The van der Waals surface area contributed by atoms with Crippen molar-refractivity contribution in [3.8, 4) is 0 Å². The van der Waals surface area contributed by atoms with E-state index in [2.05, 4.69) is 10.1 Å². The molecule has 25 heavy (non-hydrogen) atoms. The summed E-state index contributed by atoms with van der Waals surface area (Å²) in [5.74, 6) is -4.45. The number of primary amides is 1. The Balaban J connectivity index is 0. The lowest BCUT2D eigenvalue weighted by atomic mass is 10.0. The molecule has 0 aliphatic heterocycles. The van der Waals surface area contributed by atoms with Crippen LogP contribution < -0.4 is 16.8 Å². The van der Waals surface area contributed by atoms with E-state index < -0.39 is 42.0 Å². The number of aliphatic carboxylic acids is 1. The van der Waals surface area contributed by atoms with Gasteiger partial charge in [-0.25, -0.2) is 4.79 Å². The Morgan fingerprint density at radius 3 is 1.92 bits per heavy atom. The maximum atomic E-state index is 11.7.